The van der Waals surface area contributed by atoms with Crippen LogP contribution in [0.1, 0.15) is 10.5 Å². The van der Waals surface area contributed by atoms with Crippen LogP contribution < -0.4 is 5.32 Å². The van der Waals surface area contributed by atoms with Crippen molar-refractivity contribution in [3.05, 3.63) is 57.3 Å². The highest BCUT2D eigenvalue weighted by molar-refractivity contribution is 14.1. The molecule has 0 aliphatic rings. The molecule has 3 aromatic rings. The van der Waals surface area contributed by atoms with Gasteiger partial charge in [-0.05, 0) is 46.9 Å². The Kier molecular flexibility index (Phi) is 3.83. The molecule has 1 N–H and O–H groups in total. The SMILES string of the molecule is O=C(Nc1ccccc1I)c1csc(-c2ccco2)n1. The van der Waals surface area contributed by atoms with Crippen molar-refractivity contribution in [1.82, 2.24) is 4.98 Å². The van der Waals surface area contributed by atoms with Gasteiger partial charge >= 0.3 is 0 Å². The van der Waals surface area contributed by atoms with Gasteiger partial charge < -0.3 is 9.73 Å². The molecule has 100 valence electrons. The lowest BCUT2D eigenvalue weighted by Crippen LogP contribution is -2.13. The first-order valence-electron chi connectivity index (χ1n) is 5.79. The lowest BCUT2D eigenvalue weighted by Gasteiger charge is -2.04. The summed E-state index contributed by atoms with van der Waals surface area (Å²) >= 11 is 3.56. The third-order valence-electron chi connectivity index (χ3n) is 2.59. The number of para-hydroxylation sites is 1. The lowest BCUT2D eigenvalue weighted by atomic mass is 10.3. The van der Waals surface area contributed by atoms with Gasteiger partial charge in [-0.15, -0.1) is 11.3 Å². The van der Waals surface area contributed by atoms with Crippen LogP contribution in [0.15, 0.2) is 52.5 Å². The van der Waals surface area contributed by atoms with Crippen LogP contribution in [0.25, 0.3) is 10.8 Å². The molecule has 0 fully saturated rings. The zero-order chi connectivity index (χ0) is 13.9. The molecule has 1 amide bonds. The Morgan fingerprint density at radius 1 is 1.25 bits per heavy atom. The number of anilines is 1. The normalized spacial score (nSPS) is 10.4. The minimum Gasteiger partial charge on any atom is -0.462 e. The summed E-state index contributed by atoms with van der Waals surface area (Å²) in [6.45, 7) is 0. The van der Waals surface area contributed by atoms with Crippen LogP contribution in [-0.4, -0.2) is 10.9 Å². The number of nitrogens with one attached hydrogen (secondary N) is 1. The number of hydrogen-bond donors (Lipinski definition) is 1. The first-order chi connectivity index (χ1) is 9.74. The van der Waals surface area contributed by atoms with Crippen LogP contribution in [0.5, 0.6) is 0 Å². The third-order valence-corrected chi connectivity index (χ3v) is 4.39. The highest BCUT2D eigenvalue weighted by atomic mass is 127. The summed E-state index contributed by atoms with van der Waals surface area (Å²) in [5.74, 6) is 0.450. The van der Waals surface area contributed by atoms with E-state index >= 15 is 0 Å². The molecule has 2 heterocycles. The van der Waals surface area contributed by atoms with Crippen molar-refractivity contribution < 1.29 is 9.21 Å². The predicted molar refractivity (Wildman–Crippen MR) is 86.9 cm³/mol. The number of nitrogens with zero attached hydrogens (tertiary/aromatic N) is 1. The average Bonchev–Trinajstić information content (AvgIpc) is 3.11. The largest absolute Gasteiger partial charge is 0.462 e. The van der Waals surface area contributed by atoms with Crippen LogP contribution in [0.2, 0.25) is 0 Å². The highest BCUT2D eigenvalue weighted by Gasteiger charge is 2.14. The van der Waals surface area contributed by atoms with E-state index in [4.69, 9.17) is 4.42 Å². The number of aromatic nitrogens is 1. The number of carbonyl (C=O) groups is 1. The van der Waals surface area contributed by atoms with Gasteiger partial charge in [0.2, 0.25) is 0 Å². The fourth-order valence-electron chi connectivity index (χ4n) is 1.64. The van der Waals surface area contributed by atoms with Crippen molar-refractivity contribution in [3.63, 3.8) is 0 Å². The Hall–Kier alpha value is -1.67. The minimum absolute atomic E-state index is 0.219. The van der Waals surface area contributed by atoms with Crippen molar-refractivity contribution >= 4 is 45.5 Å². The number of halogens is 1. The van der Waals surface area contributed by atoms with Crippen molar-refractivity contribution in [1.29, 1.82) is 0 Å². The summed E-state index contributed by atoms with van der Waals surface area (Å²) < 4.78 is 6.25. The highest BCUT2D eigenvalue weighted by Crippen LogP contribution is 2.25. The molecule has 2 aromatic heterocycles. The van der Waals surface area contributed by atoms with Crippen LogP contribution in [0.4, 0.5) is 5.69 Å². The molecule has 0 aliphatic heterocycles. The quantitative estimate of drug-likeness (QED) is 0.674. The van der Waals surface area contributed by atoms with E-state index in [1.54, 1.807) is 17.7 Å². The van der Waals surface area contributed by atoms with Crippen molar-refractivity contribution in [2.75, 3.05) is 5.32 Å². The summed E-state index contributed by atoms with van der Waals surface area (Å²) in [6, 6.07) is 11.2. The smallest absolute Gasteiger partial charge is 0.275 e. The van der Waals surface area contributed by atoms with Crippen LogP contribution in [-0.2, 0) is 0 Å². The Morgan fingerprint density at radius 2 is 2.10 bits per heavy atom. The Balaban J connectivity index is 1.80. The van der Waals surface area contributed by atoms with Gasteiger partial charge in [0.25, 0.3) is 5.91 Å². The number of benzene rings is 1. The van der Waals surface area contributed by atoms with Crippen LogP contribution in [0.3, 0.4) is 0 Å². The van der Waals surface area contributed by atoms with E-state index in [9.17, 15) is 4.79 Å². The second kappa shape index (κ2) is 5.76. The second-order valence-electron chi connectivity index (χ2n) is 3.95. The molecule has 0 saturated heterocycles. The number of thiazole rings is 1. The van der Waals surface area contributed by atoms with Crippen LogP contribution in [0, 0.1) is 3.57 Å². The molecule has 0 bridgehead atoms. The molecule has 0 saturated carbocycles. The average molecular weight is 396 g/mol. The maximum atomic E-state index is 12.1. The molecule has 0 aliphatic carbocycles. The molecule has 0 radical (unpaired) electrons. The van der Waals surface area contributed by atoms with E-state index in [1.165, 1.54) is 11.3 Å². The summed E-state index contributed by atoms with van der Waals surface area (Å²) in [6.07, 6.45) is 1.59. The molecular formula is C14H9IN2O2S. The Bertz CT molecular complexity index is 737. The van der Waals surface area contributed by atoms with Gasteiger partial charge in [0.05, 0.1) is 12.0 Å². The van der Waals surface area contributed by atoms with E-state index in [0.717, 1.165) is 9.26 Å². The minimum atomic E-state index is -0.219. The van der Waals surface area contributed by atoms with E-state index in [2.05, 4.69) is 32.9 Å². The number of amides is 1. The number of furan rings is 1. The molecular weight excluding hydrogens is 387 g/mol. The molecule has 6 heteroatoms. The first-order valence-corrected chi connectivity index (χ1v) is 7.75. The lowest BCUT2D eigenvalue weighted by molar-refractivity contribution is 0.102. The summed E-state index contributed by atoms with van der Waals surface area (Å²) in [4.78, 5) is 16.4. The zero-order valence-corrected chi connectivity index (χ0v) is 13.1. The van der Waals surface area contributed by atoms with Gasteiger partial charge in [-0.1, -0.05) is 12.1 Å². The molecule has 0 spiro atoms. The van der Waals surface area contributed by atoms with Crippen molar-refractivity contribution in [2.24, 2.45) is 0 Å². The molecule has 20 heavy (non-hydrogen) atoms. The van der Waals surface area contributed by atoms with Crippen molar-refractivity contribution in [2.45, 2.75) is 0 Å². The van der Waals surface area contributed by atoms with Gasteiger partial charge in [-0.3, -0.25) is 4.79 Å². The summed E-state index contributed by atoms with van der Waals surface area (Å²) in [7, 11) is 0. The maximum Gasteiger partial charge on any atom is 0.275 e. The number of carbonyl (C=O) groups excluding carboxylic acids is 1. The summed E-state index contributed by atoms with van der Waals surface area (Å²) in [5.41, 5.74) is 1.17. The van der Waals surface area contributed by atoms with E-state index < -0.39 is 0 Å². The molecule has 0 atom stereocenters. The molecule has 4 nitrogen and oxygen atoms in total. The maximum absolute atomic E-state index is 12.1. The fourth-order valence-corrected chi connectivity index (χ4v) is 2.93. The zero-order valence-electron chi connectivity index (χ0n) is 10.2. The van der Waals surface area contributed by atoms with E-state index in [1.807, 2.05) is 30.3 Å². The van der Waals surface area contributed by atoms with E-state index in [0.29, 0.717) is 16.5 Å². The van der Waals surface area contributed by atoms with E-state index in [-0.39, 0.29) is 5.91 Å². The van der Waals surface area contributed by atoms with Gasteiger partial charge in [0, 0.05) is 8.95 Å². The van der Waals surface area contributed by atoms with Crippen LogP contribution >= 0.6 is 33.9 Å². The Morgan fingerprint density at radius 3 is 2.85 bits per heavy atom. The predicted octanol–water partition coefficient (Wildman–Crippen LogP) is 4.26. The molecule has 3 rings (SSSR count). The monoisotopic (exact) mass is 396 g/mol. The van der Waals surface area contributed by atoms with Gasteiger partial charge in [-0.2, -0.15) is 0 Å². The third kappa shape index (κ3) is 2.75. The fraction of sp³-hybridized carbons (Fsp3) is 0. The topological polar surface area (TPSA) is 55.1 Å². The molecule has 1 aromatic carbocycles. The standard InChI is InChI=1S/C14H9IN2O2S/c15-9-4-1-2-5-10(9)16-13(18)11-8-20-14(17-11)12-6-3-7-19-12/h1-8H,(H,16,18). The number of rotatable bonds is 3. The van der Waals surface area contributed by atoms with Gasteiger partial charge in [0.15, 0.2) is 10.8 Å². The van der Waals surface area contributed by atoms with Gasteiger partial charge in [-0.25, -0.2) is 4.98 Å². The number of hydrogen-bond acceptors (Lipinski definition) is 4. The molecule has 0 unspecified atom stereocenters. The van der Waals surface area contributed by atoms with Gasteiger partial charge in [0.1, 0.15) is 5.69 Å². The summed E-state index contributed by atoms with van der Waals surface area (Å²) in [5, 5.41) is 5.27. The first kappa shape index (κ1) is 13.3. The van der Waals surface area contributed by atoms with Crippen molar-refractivity contribution in [3.8, 4) is 10.8 Å². The second-order valence-corrected chi connectivity index (χ2v) is 5.97. The Labute approximate surface area is 133 Å².